The van der Waals surface area contributed by atoms with Gasteiger partial charge in [0.25, 0.3) is 0 Å². The van der Waals surface area contributed by atoms with Crippen molar-refractivity contribution in [1.29, 1.82) is 0 Å². The molecule has 0 unspecified atom stereocenters. The van der Waals surface area contributed by atoms with Gasteiger partial charge in [0, 0.05) is 17.1 Å². The maximum atomic E-state index is 0. The molecule has 0 aromatic rings. The van der Waals surface area contributed by atoms with E-state index in [0.29, 0.717) is 0 Å². The second-order valence-electron chi connectivity index (χ2n) is 0. The maximum Gasteiger partial charge on any atom is 0 e. The molecule has 0 saturated heterocycles. The van der Waals surface area contributed by atoms with Crippen LogP contribution in [0, 0.1) is 0 Å². The third-order valence-corrected chi connectivity index (χ3v) is 0. The molecule has 0 aromatic heterocycles. The van der Waals surface area contributed by atoms with E-state index in [-0.39, 0.29) is 113 Å². The molecule has 0 aliphatic rings. The summed E-state index contributed by atoms with van der Waals surface area (Å²) in [7, 11) is 0. The largest absolute Gasteiger partial charge is 0.107 e. The smallest absolute Gasteiger partial charge is 0 e. The van der Waals surface area contributed by atoms with Gasteiger partial charge in [0.05, 0.1) is 0 Å². The van der Waals surface area contributed by atoms with Crippen molar-refractivity contribution in [2.45, 2.75) is 0 Å². The molecule has 0 fully saturated rings. The molecule has 40 valence electrons. The van der Waals surface area contributed by atoms with Crippen molar-refractivity contribution in [3.05, 3.63) is 0 Å². The Balaban J connectivity index is 0. The van der Waals surface area contributed by atoms with Gasteiger partial charge in [-0.3, -0.25) is 0 Å². The Bertz CT molecular complexity index is 3.61. The minimum Gasteiger partial charge on any atom is -0.107 e. The molecule has 0 nitrogen and oxygen atoms in total. The first kappa shape index (κ1) is 39.5. The number of rotatable bonds is 0. The van der Waals surface area contributed by atoms with E-state index in [1.807, 2.05) is 0 Å². The van der Waals surface area contributed by atoms with Crippen LogP contribution in [0.5, 0.6) is 0 Å². The molecular weight excluding hydrogens is 563 g/mol. The second kappa shape index (κ2) is 26.1. The molecule has 0 radical (unpaired) electrons. The molecule has 0 aromatic carbocycles. The van der Waals surface area contributed by atoms with Gasteiger partial charge in [-0.15, -0.1) is 95.9 Å². The molecule has 0 N–H and O–H groups in total. The van der Waals surface area contributed by atoms with Gasteiger partial charge < -0.3 is 0 Å². The zero-order chi connectivity index (χ0) is 0. The third-order valence-electron chi connectivity index (χ3n) is 0. The fraction of sp³-hybridized carbons (Fsp3) is 0. The van der Waals surface area contributed by atoms with Crippen LogP contribution >= 0.6 is 95.9 Å². The summed E-state index contributed by atoms with van der Waals surface area (Å²) in [6.07, 6.45) is 0. The van der Waals surface area contributed by atoms with Crippen molar-refractivity contribution < 1.29 is 17.1 Å². The predicted molar refractivity (Wildman–Crippen MR) is 61.7 cm³/mol. The quantitative estimate of drug-likeness (QED) is 0.312. The summed E-state index contributed by atoms with van der Waals surface area (Å²) < 4.78 is 0. The molecule has 5 heavy (non-hydrogen) atoms. The zero-order valence-electron chi connectivity index (χ0n) is 1.99. The first-order valence-corrected chi connectivity index (χ1v) is 0. The normalized spacial score (nSPS) is 0. The van der Waals surface area contributed by atoms with Crippen LogP contribution in [0.25, 0.3) is 0 Å². The van der Waals surface area contributed by atoms with E-state index < -0.39 is 0 Å². The molecule has 0 rings (SSSR count). The number of halogens is 4. The van der Waals surface area contributed by atoms with Gasteiger partial charge in [0.2, 0.25) is 0 Å². The van der Waals surface area contributed by atoms with Gasteiger partial charge in [-0.05, 0) is 0 Å². The van der Waals surface area contributed by atoms with Crippen LogP contribution in [0.3, 0.4) is 0 Å². The van der Waals surface area contributed by atoms with Crippen molar-refractivity contribution in [3.8, 4) is 0 Å². The Morgan fingerprint density at radius 2 is 0.400 bits per heavy atom. The molecular formula is H4FeI4. The number of hydrogen-bond donors (Lipinski definition) is 0. The molecule has 0 atom stereocenters. The monoisotopic (exact) mass is 568 g/mol. The van der Waals surface area contributed by atoms with Crippen LogP contribution < -0.4 is 0 Å². The van der Waals surface area contributed by atoms with E-state index in [4.69, 9.17) is 0 Å². The predicted octanol–water partition coefficient (Wildman–Crippen LogP) is 2.47. The van der Waals surface area contributed by atoms with E-state index >= 15 is 0 Å². The first-order valence-electron chi connectivity index (χ1n) is 0. The average Bonchev–Trinajstić information content (AvgIpc) is 0. The summed E-state index contributed by atoms with van der Waals surface area (Å²) in [6, 6.07) is 0. The Morgan fingerprint density at radius 1 is 0.400 bits per heavy atom. The van der Waals surface area contributed by atoms with E-state index in [1.165, 1.54) is 0 Å². The van der Waals surface area contributed by atoms with Crippen molar-refractivity contribution in [3.63, 3.8) is 0 Å². The minimum atomic E-state index is 0. The Labute approximate surface area is 111 Å². The van der Waals surface area contributed by atoms with Gasteiger partial charge in [0.15, 0.2) is 0 Å². The van der Waals surface area contributed by atoms with Gasteiger partial charge >= 0.3 is 0 Å². The summed E-state index contributed by atoms with van der Waals surface area (Å²) in [4.78, 5) is 0. The van der Waals surface area contributed by atoms with Crippen molar-refractivity contribution >= 4 is 95.9 Å². The minimum absolute atomic E-state index is 0. The van der Waals surface area contributed by atoms with Gasteiger partial charge in [-0.25, -0.2) is 0 Å². The SMILES string of the molecule is I.I.I.I.[Fe]. The maximum absolute atomic E-state index is 0. The van der Waals surface area contributed by atoms with Crippen LogP contribution in [0.1, 0.15) is 0 Å². The van der Waals surface area contributed by atoms with Crippen LogP contribution in [-0.4, -0.2) is 0 Å². The summed E-state index contributed by atoms with van der Waals surface area (Å²) >= 11 is 0. The van der Waals surface area contributed by atoms with Crippen molar-refractivity contribution in [1.82, 2.24) is 0 Å². The van der Waals surface area contributed by atoms with Crippen molar-refractivity contribution in [2.24, 2.45) is 0 Å². The Hall–Kier alpha value is 3.44. The molecule has 0 saturated carbocycles. The molecule has 0 aliphatic heterocycles. The second-order valence-corrected chi connectivity index (χ2v) is 0. The standard InChI is InChI=1S/Fe.4HI/h;4*1H. The summed E-state index contributed by atoms with van der Waals surface area (Å²) in [6.45, 7) is 0. The molecule has 0 bridgehead atoms. The van der Waals surface area contributed by atoms with Gasteiger partial charge in [-0.2, -0.15) is 0 Å². The van der Waals surface area contributed by atoms with E-state index in [9.17, 15) is 0 Å². The average molecular weight is 567 g/mol. The Morgan fingerprint density at radius 3 is 0.400 bits per heavy atom. The van der Waals surface area contributed by atoms with Crippen LogP contribution in [-0.2, 0) is 17.1 Å². The van der Waals surface area contributed by atoms with Gasteiger partial charge in [-0.1, -0.05) is 0 Å². The first-order chi connectivity index (χ1) is 0. The topological polar surface area (TPSA) is 0 Å². The molecule has 0 amide bonds. The zero-order valence-corrected chi connectivity index (χ0v) is 12.4. The van der Waals surface area contributed by atoms with Crippen LogP contribution in [0.15, 0.2) is 0 Å². The fourth-order valence-corrected chi connectivity index (χ4v) is 0. The molecule has 0 aliphatic carbocycles. The summed E-state index contributed by atoms with van der Waals surface area (Å²) in [5.74, 6) is 0. The van der Waals surface area contributed by atoms with Crippen molar-refractivity contribution in [2.75, 3.05) is 0 Å². The van der Waals surface area contributed by atoms with E-state index in [0.717, 1.165) is 0 Å². The fourth-order valence-electron chi connectivity index (χ4n) is 0. The number of hydrogen-bond acceptors (Lipinski definition) is 0. The molecule has 0 spiro atoms. The summed E-state index contributed by atoms with van der Waals surface area (Å²) in [5.41, 5.74) is 0. The van der Waals surface area contributed by atoms with Crippen LogP contribution in [0.2, 0.25) is 0 Å². The Kier molecular flexibility index (Phi) is 206. The van der Waals surface area contributed by atoms with E-state index in [1.54, 1.807) is 0 Å². The molecule has 0 heterocycles. The summed E-state index contributed by atoms with van der Waals surface area (Å²) in [5, 5.41) is 0. The van der Waals surface area contributed by atoms with Gasteiger partial charge in [0.1, 0.15) is 0 Å². The molecule has 5 heteroatoms. The van der Waals surface area contributed by atoms with Crippen LogP contribution in [0.4, 0.5) is 0 Å². The van der Waals surface area contributed by atoms with E-state index in [2.05, 4.69) is 0 Å². The third kappa shape index (κ3) is 18.6.